The smallest absolute Gasteiger partial charge is 0.338 e. The lowest BCUT2D eigenvalue weighted by atomic mass is 9.49. The van der Waals surface area contributed by atoms with Crippen molar-refractivity contribution in [3.05, 3.63) is 11.3 Å². The first-order valence-corrected chi connectivity index (χ1v) is 10.5. The fraction of sp³-hybridized carbons (Fsp3) is 0.750. The first kappa shape index (κ1) is 19.6. The molecule has 28 heavy (non-hydrogen) atoms. The molecule has 8 heteroatoms. The van der Waals surface area contributed by atoms with E-state index in [2.05, 4.69) is 10.6 Å². The van der Waals surface area contributed by atoms with Crippen molar-refractivity contribution in [1.82, 2.24) is 10.6 Å². The van der Waals surface area contributed by atoms with Gasteiger partial charge in [0, 0.05) is 4.87 Å². The number of hydrogen-bond acceptors (Lipinski definition) is 5. The van der Waals surface area contributed by atoms with Crippen LogP contribution in [-0.2, 0) is 19.1 Å². The number of carbonyl (C=O) groups excluding carboxylic acids is 3. The van der Waals surface area contributed by atoms with Crippen LogP contribution in [0.25, 0.3) is 0 Å². The third-order valence-electron chi connectivity index (χ3n) is 6.64. The highest BCUT2D eigenvalue weighted by Gasteiger charge is 2.60. The van der Waals surface area contributed by atoms with E-state index in [9.17, 15) is 14.4 Å². The minimum absolute atomic E-state index is 0.156. The number of rotatable bonds is 5. The van der Waals surface area contributed by atoms with Crippen molar-refractivity contribution in [3.8, 4) is 0 Å². The average Bonchev–Trinajstić information content (AvgIpc) is 2.57. The molecule has 0 aromatic rings. The first-order chi connectivity index (χ1) is 13.2. The lowest BCUT2D eigenvalue weighted by Gasteiger charge is -2.58. The molecular weight excluding hydrogens is 384 g/mol. The maximum absolute atomic E-state index is 13.1. The number of carbonyl (C=O) groups is 3. The van der Waals surface area contributed by atoms with E-state index < -0.39 is 23.5 Å². The van der Waals surface area contributed by atoms with Gasteiger partial charge in [-0.1, -0.05) is 0 Å². The topological polar surface area (TPSA) is 93.7 Å². The van der Waals surface area contributed by atoms with Gasteiger partial charge in [0.1, 0.15) is 6.61 Å². The maximum Gasteiger partial charge on any atom is 0.338 e. The van der Waals surface area contributed by atoms with Gasteiger partial charge in [0.2, 0.25) is 0 Å². The van der Waals surface area contributed by atoms with Gasteiger partial charge in [0.25, 0.3) is 0 Å². The number of nitrogens with one attached hydrogen (secondary N) is 2. The van der Waals surface area contributed by atoms with Gasteiger partial charge in [-0.2, -0.15) is 0 Å². The van der Waals surface area contributed by atoms with Crippen LogP contribution < -0.4 is 10.6 Å². The van der Waals surface area contributed by atoms with Crippen LogP contribution in [0.2, 0.25) is 0 Å². The van der Waals surface area contributed by atoms with Gasteiger partial charge in [-0.05, 0) is 64.2 Å². The van der Waals surface area contributed by atoms with Gasteiger partial charge in [0.05, 0.1) is 29.3 Å². The van der Waals surface area contributed by atoms with Gasteiger partial charge in [-0.15, -0.1) is 11.6 Å². The summed E-state index contributed by atoms with van der Waals surface area (Å²) in [5, 5.41) is 5.23. The molecule has 0 radical (unpaired) electrons. The quantitative estimate of drug-likeness (QED) is 0.536. The summed E-state index contributed by atoms with van der Waals surface area (Å²) in [7, 11) is 0. The highest BCUT2D eigenvalue weighted by molar-refractivity contribution is 6.24. The average molecular weight is 411 g/mol. The van der Waals surface area contributed by atoms with E-state index in [1.54, 1.807) is 13.8 Å². The third kappa shape index (κ3) is 3.38. The Labute approximate surface area is 169 Å². The van der Waals surface area contributed by atoms with Gasteiger partial charge >= 0.3 is 18.0 Å². The summed E-state index contributed by atoms with van der Waals surface area (Å²) in [5.41, 5.74) is 0.0425. The highest BCUT2D eigenvalue weighted by Crippen LogP contribution is 2.64. The number of ether oxygens (including phenoxy) is 2. The van der Waals surface area contributed by atoms with Crippen LogP contribution in [0.4, 0.5) is 4.79 Å². The molecule has 0 saturated heterocycles. The molecule has 1 aliphatic heterocycles. The van der Waals surface area contributed by atoms with Crippen LogP contribution in [0.5, 0.6) is 0 Å². The second-order valence-corrected chi connectivity index (χ2v) is 9.70. The minimum Gasteiger partial charge on any atom is -0.463 e. The Morgan fingerprint density at radius 2 is 1.86 bits per heavy atom. The lowest BCUT2D eigenvalue weighted by molar-refractivity contribution is -0.169. The van der Waals surface area contributed by atoms with Gasteiger partial charge in [0.15, 0.2) is 0 Å². The summed E-state index contributed by atoms with van der Waals surface area (Å²) < 4.78 is 10.8. The Hall–Kier alpha value is -1.76. The van der Waals surface area contributed by atoms with Gasteiger partial charge in [-0.3, -0.25) is 4.79 Å². The second kappa shape index (κ2) is 6.94. The van der Waals surface area contributed by atoms with Crippen LogP contribution >= 0.6 is 11.6 Å². The zero-order valence-corrected chi connectivity index (χ0v) is 17.1. The van der Waals surface area contributed by atoms with Crippen molar-refractivity contribution in [3.63, 3.8) is 0 Å². The molecular formula is C20H27ClN2O5. The first-order valence-electron chi connectivity index (χ1n) is 10.1. The summed E-state index contributed by atoms with van der Waals surface area (Å²) in [6.07, 6.45) is 5.42. The summed E-state index contributed by atoms with van der Waals surface area (Å²) in [6, 6.07) is -0.951. The Kier molecular flexibility index (Phi) is 4.84. The van der Waals surface area contributed by atoms with Crippen LogP contribution in [0.15, 0.2) is 11.3 Å². The van der Waals surface area contributed by atoms with E-state index in [0.717, 1.165) is 32.1 Å². The number of halogens is 1. The van der Waals surface area contributed by atoms with E-state index in [0.29, 0.717) is 18.3 Å². The number of alkyl halides is 1. The van der Waals surface area contributed by atoms with Crippen molar-refractivity contribution >= 4 is 29.6 Å². The lowest BCUT2D eigenvalue weighted by Crippen LogP contribution is -2.56. The predicted molar refractivity (Wildman–Crippen MR) is 101 cm³/mol. The van der Waals surface area contributed by atoms with Gasteiger partial charge < -0.3 is 20.1 Å². The monoisotopic (exact) mass is 410 g/mol. The molecule has 0 spiro atoms. The van der Waals surface area contributed by atoms with Crippen molar-refractivity contribution in [2.75, 3.05) is 13.2 Å². The Bertz CT molecular complexity index is 735. The van der Waals surface area contributed by atoms with E-state index in [4.69, 9.17) is 21.1 Å². The molecule has 4 bridgehead atoms. The molecule has 0 aromatic carbocycles. The maximum atomic E-state index is 13.1. The molecule has 4 fully saturated rings. The molecule has 4 aliphatic carbocycles. The summed E-state index contributed by atoms with van der Waals surface area (Å²) in [5.74, 6) is 0.185. The van der Waals surface area contributed by atoms with E-state index in [1.807, 2.05) is 0 Å². The normalized spacial score (nSPS) is 38.7. The Morgan fingerprint density at radius 1 is 1.18 bits per heavy atom. The SMILES string of the molecule is CCOC(=O)C1=C(COC(=O)C23C[C@@H]4C[C@H](CC(Cl)(C4)C2)C3)NC(=O)N[C@@H]1C. The largest absolute Gasteiger partial charge is 0.463 e. The Morgan fingerprint density at radius 3 is 2.46 bits per heavy atom. The van der Waals surface area contributed by atoms with E-state index >= 15 is 0 Å². The molecule has 1 heterocycles. The fourth-order valence-electron chi connectivity index (χ4n) is 6.07. The summed E-state index contributed by atoms with van der Waals surface area (Å²) >= 11 is 6.81. The molecule has 3 atom stereocenters. The molecule has 0 aromatic heterocycles. The van der Waals surface area contributed by atoms with Crippen molar-refractivity contribution in [2.45, 2.75) is 63.3 Å². The van der Waals surface area contributed by atoms with Crippen LogP contribution in [0, 0.1) is 17.3 Å². The molecule has 5 rings (SSSR count). The van der Waals surface area contributed by atoms with Crippen molar-refractivity contribution in [2.24, 2.45) is 17.3 Å². The molecule has 0 unspecified atom stereocenters. The van der Waals surface area contributed by atoms with Gasteiger partial charge in [-0.25, -0.2) is 9.59 Å². The van der Waals surface area contributed by atoms with Crippen LogP contribution in [-0.4, -0.2) is 42.1 Å². The number of amides is 2. The fourth-order valence-corrected chi connectivity index (χ4v) is 6.77. The van der Waals surface area contributed by atoms with Crippen LogP contribution in [0.1, 0.15) is 52.4 Å². The summed E-state index contributed by atoms with van der Waals surface area (Å²) in [6.45, 7) is 3.48. The van der Waals surface area contributed by atoms with Crippen molar-refractivity contribution < 1.29 is 23.9 Å². The number of esters is 2. The molecule has 2 N–H and O–H groups in total. The molecule has 4 saturated carbocycles. The van der Waals surface area contributed by atoms with E-state index in [1.165, 1.54) is 0 Å². The minimum atomic E-state index is -0.529. The van der Waals surface area contributed by atoms with Crippen LogP contribution in [0.3, 0.4) is 0 Å². The van der Waals surface area contributed by atoms with E-state index in [-0.39, 0.29) is 35.3 Å². The number of urea groups is 1. The predicted octanol–water partition coefficient (Wildman–Crippen LogP) is 2.63. The molecule has 5 aliphatic rings. The zero-order valence-electron chi connectivity index (χ0n) is 16.3. The standard InChI is InChI=1S/C20H27ClN2O5/c1-3-27-16(24)15-11(2)22-18(26)23-14(15)9-28-17(25)19-5-12-4-13(6-19)8-20(21,7-12)10-19/h11-13H,3-10H2,1-2H3,(H2,22,23,26)/t11-,12+,13+,19?,20?/m1/s1. The Balaban J connectivity index is 1.51. The molecule has 7 nitrogen and oxygen atoms in total. The molecule has 2 amide bonds. The zero-order chi connectivity index (χ0) is 20.1. The molecule has 154 valence electrons. The van der Waals surface area contributed by atoms with Crippen molar-refractivity contribution in [1.29, 1.82) is 0 Å². The highest BCUT2D eigenvalue weighted by atomic mass is 35.5. The summed E-state index contributed by atoms with van der Waals surface area (Å²) in [4.78, 5) is 37.0. The second-order valence-electron chi connectivity index (χ2n) is 8.90. The third-order valence-corrected chi connectivity index (χ3v) is 7.08. The number of hydrogen-bond donors (Lipinski definition) is 2.